The molecule has 2 unspecified atom stereocenters. The number of methoxy groups -OCH3 is 1. The number of hydrogen-bond acceptors (Lipinski definition) is 3. The maximum atomic E-state index is 11.8. The Hall–Kier alpha value is -1.97. The summed E-state index contributed by atoms with van der Waals surface area (Å²) in [4.78, 5) is 11.8. The number of benzene rings is 1. The van der Waals surface area contributed by atoms with Crippen LogP contribution in [0.15, 0.2) is 24.4 Å². The highest BCUT2D eigenvalue weighted by Crippen LogP contribution is 2.61. The molecule has 0 radical (unpaired) electrons. The average molecular weight is 259 g/mol. The highest BCUT2D eigenvalue weighted by molar-refractivity contribution is 5.89. The molecule has 1 fully saturated rings. The molecule has 0 bridgehead atoms. The van der Waals surface area contributed by atoms with Gasteiger partial charge < -0.3 is 14.4 Å². The van der Waals surface area contributed by atoms with Crippen LogP contribution in [0.4, 0.5) is 0 Å². The van der Waals surface area contributed by atoms with E-state index in [0.29, 0.717) is 0 Å². The molecule has 0 aliphatic heterocycles. The first-order valence-corrected chi connectivity index (χ1v) is 6.33. The maximum Gasteiger partial charge on any atom is 0.312 e. The van der Waals surface area contributed by atoms with Gasteiger partial charge in [-0.05, 0) is 37.1 Å². The molecule has 1 aliphatic carbocycles. The second kappa shape index (κ2) is 3.76. The van der Waals surface area contributed by atoms with Crippen molar-refractivity contribution in [1.29, 1.82) is 0 Å². The fourth-order valence-corrected chi connectivity index (χ4v) is 2.97. The van der Waals surface area contributed by atoms with E-state index in [1.165, 1.54) is 7.11 Å². The highest BCUT2D eigenvalue weighted by Gasteiger charge is 2.58. The summed E-state index contributed by atoms with van der Waals surface area (Å²) in [5, 5.41) is 10.7. The molecular formula is C15H17NO3. The second-order valence-corrected chi connectivity index (χ2v) is 5.56. The SMILES string of the molecule is COC(=O)C1(C)CC1c1cn(C)c2ccc(O)cc12. The van der Waals surface area contributed by atoms with Crippen LogP contribution >= 0.6 is 0 Å². The van der Waals surface area contributed by atoms with Gasteiger partial charge >= 0.3 is 5.97 Å². The summed E-state index contributed by atoms with van der Waals surface area (Å²) >= 11 is 0. The van der Waals surface area contributed by atoms with E-state index in [1.807, 2.05) is 30.8 Å². The first kappa shape index (κ1) is 12.1. The van der Waals surface area contributed by atoms with E-state index < -0.39 is 5.41 Å². The first-order chi connectivity index (χ1) is 8.97. The predicted molar refractivity (Wildman–Crippen MR) is 72.1 cm³/mol. The van der Waals surface area contributed by atoms with Crippen LogP contribution in [0.25, 0.3) is 10.9 Å². The number of aryl methyl sites for hydroxylation is 1. The Morgan fingerprint density at radius 2 is 2.26 bits per heavy atom. The summed E-state index contributed by atoms with van der Waals surface area (Å²) in [5.74, 6) is 0.264. The van der Waals surface area contributed by atoms with Gasteiger partial charge in [0.05, 0.1) is 12.5 Å². The van der Waals surface area contributed by atoms with Gasteiger partial charge in [0.25, 0.3) is 0 Å². The Balaban J connectivity index is 2.08. The summed E-state index contributed by atoms with van der Waals surface area (Å²) < 4.78 is 6.90. The van der Waals surface area contributed by atoms with E-state index in [2.05, 4.69) is 0 Å². The van der Waals surface area contributed by atoms with E-state index in [-0.39, 0.29) is 17.6 Å². The van der Waals surface area contributed by atoms with Crippen LogP contribution in [-0.4, -0.2) is 22.8 Å². The molecule has 4 nitrogen and oxygen atoms in total. The van der Waals surface area contributed by atoms with Gasteiger partial charge in [0.1, 0.15) is 5.75 Å². The van der Waals surface area contributed by atoms with Crippen LogP contribution in [-0.2, 0) is 16.6 Å². The molecule has 0 saturated heterocycles. The minimum Gasteiger partial charge on any atom is -0.508 e. The number of esters is 1. The lowest BCUT2D eigenvalue weighted by Gasteiger charge is -2.07. The van der Waals surface area contributed by atoms with Crippen LogP contribution < -0.4 is 0 Å². The first-order valence-electron chi connectivity index (χ1n) is 6.33. The zero-order valence-corrected chi connectivity index (χ0v) is 11.3. The summed E-state index contributed by atoms with van der Waals surface area (Å²) in [6.07, 6.45) is 2.84. The maximum absolute atomic E-state index is 11.8. The summed E-state index contributed by atoms with van der Waals surface area (Å²) in [6, 6.07) is 5.34. The van der Waals surface area contributed by atoms with E-state index >= 15 is 0 Å². The standard InChI is InChI=1S/C15H17NO3/c1-15(14(18)19-3)7-12(15)11-8-16(2)13-5-4-9(17)6-10(11)13/h4-6,8,12,17H,7H2,1-3H3. The number of nitrogens with zero attached hydrogens (tertiary/aromatic N) is 1. The van der Waals surface area contributed by atoms with Crippen LogP contribution in [0.2, 0.25) is 0 Å². The second-order valence-electron chi connectivity index (χ2n) is 5.56. The molecule has 4 heteroatoms. The van der Waals surface area contributed by atoms with Gasteiger partial charge in [-0.1, -0.05) is 0 Å². The monoisotopic (exact) mass is 259 g/mol. The molecule has 2 atom stereocenters. The topological polar surface area (TPSA) is 51.5 Å². The molecule has 1 N–H and O–H groups in total. The lowest BCUT2D eigenvalue weighted by Crippen LogP contribution is -2.15. The van der Waals surface area contributed by atoms with Crippen molar-refractivity contribution in [3.8, 4) is 5.75 Å². The number of rotatable bonds is 2. The highest BCUT2D eigenvalue weighted by atomic mass is 16.5. The summed E-state index contributed by atoms with van der Waals surface area (Å²) in [5.41, 5.74) is 1.75. The third kappa shape index (κ3) is 1.63. The van der Waals surface area contributed by atoms with Crippen molar-refractivity contribution in [2.75, 3.05) is 7.11 Å². The lowest BCUT2D eigenvalue weighted by atomic mass is 10.0. The van der Waals surface area contributed by atoms with Crippen LogP contribution in [0, 0.1) is 5.41 Å². The van der Waals surface area contributed by atoms with Gasteiger partial charge in [-0.25, -0.2) is 0 Å². The number of carbonyl (C=O) groups excluding carboxylic acids is 1. The number of aromatic hydroxyl groups is 1. The molecule has 0 amide bonds. The van der Waals surface area contributed by atoms with Gasteiger partial charge in [0, 0.05) is 30.1 Å². The minimum atomic E-state index is -0.422. The van der Waals surface area contributed by atoms with Crippen molar-refractivity contribution < 1.29 is 14.6 Å². The largest absolute Gasteiger partial charge is 0.508 e. The number of fused-ring (bicyclic) bond motifs is 1. The Morgan fingerprint density at radius 3 is 2.95 bits per heavy atom. The molecule has 1 heterocycles. The van der Waals surface area contributed by atoms with Gasteiger partial charge in [0.2, 0.25) is 0 Å². The van der Waals surface area contributed by atoms with E-state index in [1.54, 1.807) is 12.1 Å². The van der Waals surface area contributed by atoms with Crippen LogP contribution in [0.3, 0.4) is 0 Å². The van der Waals surface area contributed by atoms with Gasteiger partial charge in [-0.15, -0.1) is 0 Å². The number of carbonyl (C=O) groups is 1. The Kier molecular flexibility index (Phi) is 2.39. The molecule has 1 aromatic heterocycles. The average Bonchev–Trinajstić information content (AvgIpc) is 2.97. The molecule has 1 saturated carbocycles. The van der Waals surface area contributed by atoms with Crippen molar-refractivity contribution in [2.45, 2.75) is 19.3 Å². The lowest BCUT2D eigenvalue weighted by molar-refractivity contribution is -0.146. The zero-order chi connectivity index (χ0) is 13.8. The van der Waals surface area contributed by atoms with Crippen molar-refractivity contribution in [2.24, 2.45) is 12.5 Å². The molecule has 1 aromatic carbocycles. The van der Waals surface area contributed by atoms with E-state index in [0.717, 1.165) is 22.9 Å². The molecule has 0 spiro atoms. The Labute approximate surface area is 111 Å². The number of phenolic OH excluding ortho intramolecular Hbond substituents is 1. The third-order valence-electron chi connectivity index (χ3n) is 4.27. The fourth-order valence-electron chi connectivity index (χ4n) is 2.97. The van der Waals surface area contributed by atoms with Gasteiger partial charge in [-0.2, -0.15) is 0 Å². The molecule has 100 valence electrons. The summed E-state index contributed by atoms with van der Waals surface area (Å²) in [7, 11) is 3.40. The zero-order valence-electron chi connectivity index (χ0n) is 11.3. The van der Waals surface area contributed by atoms with Crippen molar-refractivity contribution in [1.82, 2.24) is 4.57 Å². The molecular weight excluding hydrogens is 242 g/mol. The van der Waals surface area contributed by atoms with Crippen molar-refractivity contribution >= 4 is 16.9 Å². The van der Waals surface area contributed by atoms with Crippen LogP contribution in [0.1, 0.15) is 24.8 Å². The normalized spacial score (nSPS) is 25.5. The Morgan fingerprint density at radius 1 is 1.53 bits per heavy atom. The molecule has 1 aliphatic rings. The Bertz CT molecular complexity index is 673. The van der Waals surface area contributed by atoms with Crippen LogP contribution in [0.5, 0.6) is 5.75 Å². The molecule has 2 aromatic rings. The number of phenols is 1. The quantitative estimate of drug-likeness (QED) is 0.843. The smallest absolute Gasteiger partial charge is 0.312 e. The predicted octanol–water partition coefficient (Wildman–Crippen LogP) is 2.55. The number of ether oxygens (including phenoxy) is 1. The third-order valence-corrected chi connectivity index (χ3v) is 4.27. The fraction of sp³-hybridized carbons (Fsp3) is 0.400. The number of hydrogen-bond donors (Lipinski definition) is 1. The van der Waals surface area contributed by atoms with Gasteiger partial charge in [-0.3, -0.25) is 4.79 Å². The summed E-state index contributed by atoms with van der Waals surface area (Å²) in [6.45, 7) is 1.94. The minimum absolute atomic E-state index is 0.158. The van der Waals surface area contributed by atoms with Gasteiger partial charge in [0.15, 0.2) is 0 Å². The molecule has 3 rings (SSSR count). The van der Waals surface area contributed by atoms with Crippen molar-refractivity contribution in [3.63, 3.8) is 0 Å². The van der Waals surface area contributed by atoms with E-state index in [9.17, 15) is 9.90 Å². The number of aromatic nitrogens is 1. The molecule has 19 heavy (non-hydrogen) atoms. The van der Waals surface area contributed by atoms with Crippen molar-refractivity contribution in [3.05, 3.63) is 30.0 Å². The van der Waals surface area contributed by atoms with E-state index in [4.69, 9.17) is 4.74 Å².